The zero-order chi connectivity index (χ0) is 14.9. The van der Waals surface area contributed by atoms with Crippen LogP contribution in [0.2, 0.25) is 5.02 Å². The van der Waals surface area contributed by atoms with Gasteiger partial charge in [-0.3, -0.25) is 4.98 Å². The van der Waals surface area contributed by atoms with E-state index in [-0.39, 0.29) is 0 Å². The molecule has 3 heteroatoms. The molecule has 2 nitrogen and oxygen atoms in total. The third kappa shape index (κ3) is 3.32. The van der Waals surface area contributed by atoms with E-state index in [0.717, 1.165) is 21.6 Å². The lowest BCUT2D eigenvalue weighted by Gasteiger charge is -2.22. The van der Waals surface area contributed by atoms with Gasteiger partial charge in [-0.15, -0.1) is 0 Å². The molecule has 112 valence electrons. The lowest BCUT2D eigenvalue weighted by molar-refractivity contribution is 0.313. The first-order valence-electron chi connectivity index (χ1n) is 7.85. The number of nitrogens with zero attached hydrogens (tertiary/aromatic N) is 1. The Bertz CT molecular complexity index is 636. The number of rotatable bonds is 2. The predicted molar refractivity (Wildman–Crippen MR) is 91.0 cm³/mol. The number of hydrogen-bond donors (Lipinski definition) is 1. The Balaban J connectivity index is 1.84. The van der Waals surface area contributed by atoms with Crippen LogP contribution in [-0.2, 0) is 0 Å². The zero-order valence-corrected chi connectivity index (χ0v) is 13.6. The summed E-state index contributed by atoms with van der Waals surface area (Å²) in [6.07, 6.45) is 8.20. The molecule has 0 amide bonds. The molecular formula is C18H23ClN2. The van der Waals surface area contributed by atoms with Crippen molar-refractivity contribution in [2.45, 2.75) is 52.0 Å². The van der Waals surface area contributed by atoms with Crippen molar-refractivity contribution in [1.82, 2.24) is 4.98 Å². The van der Waals surface area contributed by atoms with Gasteiger partial charge in [-0.2, -0.15) is 0 Å². The number of anilines is 1. The molecule has 0 bridgehead atoms. The molecule has 1 N–H and O–H groups in total. The highest BCUT2D eigenvalue weighted by molar-refractivity contribution is 6.35. The van der Waals surface area contributed by atoms with E-state index < -0.39 is 0 Å². The molecule has 1 heterocycles. The Labute approximate surface area is 131 Å². The lowest BCUT2D eigenvalue weighted by Crippen LogP contribution is -2.19. The number of fused-ring (bicyclic) bond motifs is 1. The fraction of sp³-hybridized carbons (Fsp3) is 0.500. The van der Waals surface area contributed by atoms with Crippen molar-refractivity contribution in [1.29, 1.82) is 0 Å². The summed E-state index contributed by atoms with van der Waals surface area (Å²) in [5.74, 6) is 0. The van der Waals surface area contributed by atoms with Crippen molar-refractivity contribution in [3.05, 3.63) is 35.5 Å². The van der Waals surface area contributed by atoms with Crippen molar-refractivity contribution < 1.29 is 0 Å². The fourth-order valence-corrected chi connectivity index (χ4v) is 3.50. The van der Waals surface area contributed by atoms with Gasteiger partial charge >= 0.3 is 0 Å². The van der Waals surface area contributed by atoms with E-state index in [2.05, 4.69) is 30.2 Å². The van der Waals surface area contributed by atoms with Gasteiger partial charge in [0.05, 0.1) is 16.2 Å². The van der Waals surface area contributed by atoms with Crippen molar-refractivity contribution in [2.75, 3.05) is 5.32 Å². The Morgan fingerprint density at radius 2 is 2.05 bits per heavy atom. The number of pyridine rings is 1. The quantitative estimate of drug-likeness (QED) is 0.724. The van der Waals surface area contributed by atoms with Crippen LogP contribution in [0.1, 0.15) is 46.0 Å². The molecule has 21 heavy (non-hydrogen) atoms. The highest BCUT2D eigenvalue weighted by Gasteiger charge is 2.24. The largest absolute Gasteiger partial charge is 0.381 e. The van der Waals surface area contributed by atoms with Crippen LogP contribution >= 0.6 is 11.6 Å². The Kier molecular flexibility index (Phi) is 4.08. The number of hydrogen-bond acceptors (Lipinski definition) is 2. The topological polar surface area (TPSA) is 24.9 Å². The molecule has 0 spiro atoms. The number of halogens is 1. The van der Waals surface area contributed by atoms with Crippen LogP contribution in [0.15, 0.2) is 30.5 Å². The summed E-state index contributed by atoms with van der Waals surface area (Å²) in [6.45, 7) is 4.77. The molecule has 1 fully saturated rings. The molecule has 1 aliphatic carbocycles. The molecule has 1 unspecified atom stereocenters. The predicted octanol–water partition coefficient (Wildman–Crippen LogP) is 5.66. The summed E-state index contributed by atoms with van der Waals surface area (Å²) >= 11 is 6.27. The van der Waals surface area contributed by atoms with Gasteiger partial charge in [-0.25, -0.2) is 0 Å². The van der Waals surface area contributed by atoms with Gasteiger partial charge in [0.1, 0.15) is 0 Å². The first kappa shape index (κ1) is 14.6. The van der Waals surface area contributed by atoms with Crippen molar-refractivity contribution in [2.24, 2.45) is 5.41 Å². The molecule has 2 aromatic rings. The highest BCUT2D eigenvalue weighted by atomic mass is 35.5. The molecule has 0 saturated heterocycles. The first-order valence-corrected chi connectivity index (χ1v) is 8.23. The number of benzene rings is 1. The third-order valence-corrected chi connectivity index (χ3v) is 4.98. The zero-order valence-electron chi connectivity index (χ0n) is 12.8. The maximum Gasteiger partial charge on any atom is 0.0948 e. The Hall–Kier alpha value is -1.28. The number of nitrogens with one attached hydrogen (secondary N) is 1. The minimum absolute atomic E-state index is 0.483. The average Bonchev–Trinajstić information content (AvgIpc) is 2.63. The van der Waals surface area contributed by atoms with Crippen LogP contribution in [0, 0.1) is 5.41 Å². The highest BCUT2D eigenvalue weighted by Crippen LogP contribution is 2.35. The van der Waals surface area contributed by atoms with Gasteiger partial charge in [0.25, 0.3) is 0 Å². The van der Waals surface area contributed by atoms with E-state index in [9.17, 15) is 0 Å². The molecule has 1 atom stereocenters. The Morgan fingerprint density at radius 3 is 2.90 bits per heavy atom. The summed E-state index contributed by atoms with van der Waals surface area (Å²) in [6, 6.07) is 8.54. The molecular weight excluding hydrogens is 280 g/mol. The first-order chi connectivity index (χ1) is 10.1. The summed E-state index contributed by atoms with van der Waals surface area (Å²) in [7, 11) is 0. The average molecular weight is 303 g/mol. The summed E-state index contributed by atoms with van der Waals surface area (Å²) in [5.41, 5.74) is 2.57. The van der Waals surface area contributed by atoms with Crippen LogP contribution in [0.5, 0.6) is 0 Å². The second kappa shape index (κ2) is 5.84. The van der Waals surface area contributed by atoms with E-state index in [1.54, 1.807) is 0 Å². The Morgan fingerprint density at radius 1 is 1.19 bits per heavy atom. The van der Waals surface area contributed by atoms with Crippen molar-refractivity contribution in [3.63, 3.8) is 0 Å². The minimum Gasteiger partial charge on any atom is -0.381 e. The van der Waals surface area contributed by atoms with Crippen LogP contribution in [-0.4, -0.2) is 11.0 Å². The van der Waals surface area contributed by atoms with E-state index in [0.29, 0.717) is 11.5 Å². The van der Waals surface area contributed by atoms with Crippen LogP contribution in [0.3, 0.4) is 0 Å². The standard InChI is InChI=1S/C18H23ClN2/c1-18(2)10-3-5-13(9-11-18)21-16-8-7-15(19)14-6-4-12-20-17(14)16/h4,6-8,12-13,21H,3,5,9-11H2,1-2H3. The third-order valence-electron chi connectivity index (χ3n) is 4.65. The second-order valence-electron chi connectivity index (χ2n) is 6.93. The molecule has 1 aromatic heterocycles. The van der Waals surface area contributed by atoms with E-state index in [1.807, 2.05) is 24.4 Å². The van der Waals surface area contributed by atoms with Gasteiger partial charge < -0.3 is 5.32 Å². The van der Waals surface area contributed by atoms with Crippen LogP contribution < -0.4 is 5.32 Å². The van der Waals surface area contributed by atoms with Crippen molar-refractivity contribution in [3.8, 4) is 0 Å². The lowest BCUT2D eigenvalue weighted by atomic mass is 9.85. The molecule has 1 aromatic carbocycles. The second-order valence-corrected chi connectivity index (χ2v) is 7.34. The van der Waals surface area contributed by atoms with Gasteiger partial charge in [-0.1, -0.05) is 31.9 Å². The smallest absolute Gasteiger partial charge is 0.0948 e. The van der Waals surface area contributed by atoms with Gasteiger partial charge in [0.2, 0.25) is 0 Å². The van der Waals surface area contributed by atoms with E-state index >= 15 is 0 Å². The molecule has 0 radical (unpaired) electrons. The van der Waals surface area contributed by atoms with E-state index in [1.165, 1.54) is 32.1 Å². The normalized spacial score (nSPS) is 22.0. The number of aromatic nitrogens is 1. The molecule has 0 aliphatic heterocycles. The summed E-state index contributed by atoms with van der Waals surface area (Å²) in [4.78, 5) is 4.51. The minimum atomic E-state index is 0.483. The maximum absolute atomic E-state index is 6.27. The van der Waals surface area contributed by atoms with Crippen LogP contribution in [0.4, 0.5) is 5.69 Å². The van der Waals surface area contributed by atoms with Gasteiger partial charge in [0, 0.05) is 17.6 Å². The molecule has 1 aliphatic rings. The fourth-order valence-electron chi connectivity index (χ4n) is 3.28. The summed E-state index contributed by atoms with van der Waals surface area (Å²) in [5, 5.41) is 5.50. The van der Waals surface area contributed by atoms with Gasteiger partial charge in [0.15, 0.2) is 0 Å². The SMILES string of the molecule is CC1(C)CCCC(Nc2ccc(Cl)c3cccnc23)CC1. The van der Waals surface area contributed by atoms with Crippen molar-refractivity contribution >= 4 is 28.2 Å². The maximum atomic E-state index is 6.27. The molecule has 1 saturated carbocycles. The van der Waals surface area contributed by atoms with Crippen LogP contribution in [0.25, 0.3) is 10.9 Å². The van der Waals surface area contributed by atoms with Gasteiger partial charge in [-0.05, 0) is 55.4 Å². The monoisotopic (exact) mass is 302 g/mol. The molecule has 3 rings (SSSR count). The summed E-state index contributed by atoms with van der Waals surface area (Å²) < 4.78 is 0. The van der Waals surface area contributed by atoms with E-state index in [4.69, 9.17) is 11.6 Å².